The lowest BCUT2D eigenvalue weighted by atomic mass is 9.94. The second-order valence-corrected chi connectivity index (χ2v) is 9.52. The summed E-state index contributed by atoms with van der Waals surface area (Å²) in [5.41, 5.74) is 4.41. The summed E-state index contributed by atoms with van der Waals surface area (Å²) in [5, 5.41) is 5.25. The monoisotopic (exact) mass is 472 g/mol. The van der Waals surface area contributed by atoms with Crippen LogP contribution < -0.4 is 5.32 Å². The summed E-state index contributed by atoms with van der Waals surface area (Å²) >= 11 is 6.09. The predicted octanol–water partition coefficient (Wildman–Crippen LogP) is 5.34. The molecular weight excluding hydrogens is 444 g/mol. The molecule has 1 N–H and O–H groups in total. The number of hydrogen-bond acceptors (Lipinski definition) is 3. The van der Waals surface area contributed by atoms with Gasteiger partial charge in [-0.2, -0.15) is 0 Å². The summed E-state index contributed by atoms with van der Waals surface area (Å²) in [6, 6.07) is 21.6. The first-order chi connectivity index (χ1) is 16.6. The smallest absolute Gasteiger partial charge is 0.224 e. The number of fused-ring (bicyclic) bond motifs is 1. The second kappa shape index (κ2) is 10.00. The van der Waals surface area contributed by atoms with Crippen LogP contribution in [-0.4, -0.2) is 33.4 Å². The van der Waals surface area contributed by atoms with Gasteiger partial charge in [-0.1, -0.05) is 48.0 Å². The normalized spacial score (nSPS) is 15.9. The van der Waals surface area contributed by atoms with Crippen LogP contribution in [0.3, 0.4) is 0 Å². The summed E-state index contributed by atoms with van der Waals surface area (Å²) < 4.78 is 2.19. The minimum Gasteiger partial charge on any atom is -0.350 e. The number of carbonyl (C=O) groups is 1. The first-order valence-corrected chi connectivity index (χ1v) is 12.2. The molecule has 1 unspecified atom stereocenters. The van der Waals surface area contributed by atoms with E-state index in [1.807, 2.05) is 42.5 Å². The van der Waals surface area contributed by atoms with Crippen molar-refractivity contribution in [3.63, 3.8) is 0 Å². The average Bonchev–Trinajstić information content (AvgIpc) is 3.19. The van der Waals surface area contributed by atoms with Crippen molar-refractivity contribution in [1.29, 1.82) is 0 Å². The number of carbonyl (C=O) groups excluding carboxylic acids is 1. The molecular formula is C28H29ClN4O. The first-order valence-electron chi connectivity index (χ1n) is 11.8. The summed E-state index contributed by atoms with van der Waals surface area (Å²) in [7, 11) is 2.10. The van der Waals surface area contributed by atoms with Gasteiger partial charge in [0.25, 0.3) is 0 Å². The van der Waals surface area contributed by atoms with E-state index < -0.39 is 0 Å². The Labute approximate surface area is 205 Å². The van der Waals surface area contributed by atoms with Crippen LogP contribution in [0.1, 0.15) is 35.7 Å². The largest absolute Gasteiger partial charge is 0.350 e. The lowest BCUT2D eigenvalue weighted by Crippen LogP contribution is -2.41. The third-order valence-corrected chi connectivity index (χ3v) is 7.06. The Hall–Kier alpha value is -3.15. The number of likely N-dealkylation sites (tertiary alicyclic amines) is 1. The number of amides is 1. The van der Waals surface area contributed by atoms with Crippen molar-refractivity contribution < 1.29 is 4.79 Å². The third-order valence-electron chi connectivity index (χ3n) is 6.81. The van der Waals surface area contributed by atoms with Crippen molar-refractivity contribution in [2.24, 2.45) is 13.0 Å². The van der Waals surface area contributed by atoms with E-state index in [-0.39, 0.29) is 17.9 Å². The van der Waals surface area contributed by atoms with Gasteiger partial charge in [0, 0.05) is 47.8 Å². The van der Waals surface area contributed by atoms with Gasteiger partial charge in [0.15, 0.2) is 0 Å². The van der Waals surface area contributed by atoms with E-state index in [4.69, 9.17) is 11.6 Å². The van der Waals surface area contributed by atoms with Gasteiger partial charge in [-0.3, -0.25) is 14.7 Å². The maximum Gasteiger partial charge on any atom is 0.224 e. The number of halogens is 1. The van der Waals surface area contributed by atoms with E-state index in [0.29, 0.717) is 5.02 Å². The van der Waals surface area contributed by atoms with Gasteiger partial charge in [0.2, 0.25) is 5.91 Å². The van der Waals surface area contributed by atoms with Crippen LogP contribution in [0.4, 0.5) is 0 Å². The van der Waals surface area contributed by atoms with E-state index in [2.05, 4.69) is 57.3 Å². The molecule has 0 bridgehead atoms. The number of piperidine rings is 1. The summed E-state index contributed by atoms with van der Waals surface area (Å²) in [6.45, 7) is 2.74. The molecule has 34 heavy (non-hydrogen) atoms. The molecule has 2 aromatic heterocycles. The topological polar surface area (TPSA) is 50.2 Å². The molecule has 0 aliphatic carbocycles. The molecule has 174 valence electrons. The van der Waals surface area contributed by atoms with E-state index in [0.717, 1.165) is 43.7 Å². The van der Waals surface area contributed by atoms with Crippen LogP contribution in [0.25, 0.3) is 10.9 Å². The Balaban J connectivity index is 1.24. The standard InChI is InChI=1S/C28H29ClN4O/c1-32-18-22(24-6-2-3-8-26(24)32)19-33-16-13-21(14-17-33)28(34)31-27(25-7-4-5-15-30-25)20-9-11-23(29)12-10-20/h2-12,15,18,21,27H,13-14,16-17,19H2,1H3,(H,31,34). The molecule has 3 heterocycles. The van der Waals surface area contributed by atoms with Crippen LogP contribution in [0.5, 0.6) is 0 Å². The van der Waals surface area contributed by atoms with Gasteiger partial charge in [-0.25, -0.2) is 0 Å². The highest BCUT2D eigenvalue weighted by Gasteiger charge is 2.28. The molecule has 1 aliphatic rings. The van der Waals surface area contributed by atoms with Gasteiger partial charge < -0.3 is 9.88 Å². The fraction of sp³-hybridized carbons (Fsp3) is 0.286. The van der Waals surface area contributed by atoms with Gasteiger partial charge in [-0.05, 0) is 67.4 Å². The Bertz CT molecular complexity index is 1260. The van der Waals surface area contributed by atoms with E-state index in [9.17, 15) is 4.79 Å². The van der Waals surface area contributed by atoms with Gasteiger partial charge >= 0.3 is 0 Å². The quantitative estimate of drug-likeness (QED) is 0.412. The van der Waals surface area contributed by atoms with Gasteiger partial charge in [-0.15, -0.1) is 0 Å². The van der Waals surface area contributed by atoms with Gasteiger partial charge in [0.1, 0.15) is 0 Å². The molecule has 0 spiro atoms. The number of aromatic nitrogens is 2. The molecule has 5 rings (SSSR count). The Kier molecular flexibility index (Phi) is 6.66. The second-order valence-electron chi connectivity index (χ2n) is 9.08. The molecule has 6 heteroatoms. The highest BCUT2D eigenvalue weighted by Crippen LogP contribution is 2.27. The molecule has 2 aromatic carbocycles. The molecule has 4 aromatic rings. The van der Waals surface area contributed by atoms with E-state index in [1.54, 1.807) is 6.20 Å². The number of nitrogens with one attached hydrogen (secondary N) is 1. The Morgan fingerprint density at radius 2 is 1.79 bits per heavy atom. The Morgan fingerprint density at radius 3 is 2.53 bits per heavy atom. The highest BCUT2D eigenvalue weighted by molar-refractivity contribution is 6.30. The fourth-order valence-electron chi connectivity index (χ4n) is 4.94. The maximum atomic E-state index is 13.3. The molecule has 1 aliphatic heterocycles. The SMILES string of the molecule is Cn1cc(CN2CCC(C(=O)NC(c3ccc(Cl)cc3)c3ccccn3)CC2)c2ccccc21. The van der Waals surface area contributed by atoms with Crippen LogP contribution in [0.2, 0.25) is 5.02 Å². The summed E-state index contributed by atoms with van der Waals surface area (Å²) in [4.78, 5) is 20.2. The van der Waals surface area contributed by atoms with Crippen molar-refractivity contribution in [2.45, 2.75) is 25.4 Å². The number of pyridine rings is 1. The Morgan fingerprint density at radius 1 is 1.06 bits per heavy atom. The number of hydrogen-bond donors (Lipinski definition) is 1. The van der Waals surface area contributed by atoms with Crippen LogP contribution in [0, 0.1) is 5.92 Å². The van der Waals surface area contributed by atoms with Crippen molar-refractivity contribution >= 4 is 28.4 Å². The number of aryl methyl sites for hydroxylation is 1. The maximum absolute atomic E-state index is 13.3. The number of para-hydroxylation sites is 1. The average molecular weight is 473 g/mol. The van der Waals surface area contributed by atoms with Crippen LogP contribution >= 0.6 is 11.6 Å². The lowest BCUT2D eigenvalue weighted by Gasteiger charge is -2.32. The zero-order chi connectivity index (χ0) is 23.5. The first kappa shape index (κ1) is 22.6. The molecule has 1 saturated heterocycles. The molecule has 0 radical (unpaired) electrons. The lowest BCUT2D eigenvalue weighted by molar-refractivity contribution is -0.127. The van der Waals surface area contributed by atoms with E-state index >= 15 is 0 Å². The summed E-state index contributed by atoms with van der Waals surface area (Å²) in [6.07, 6.45) is 5.70. The number of benzene rings is 2. The third kappa shape index (κ3) is 4.86. The molecule has 0 saturated carbocycles. The minimum atomic E-state index is -0.292. The fourth-order valence-corrected chi connectivity index (χ4v) is 5.06. The zero-order valence-corrected chi connectivity index (χ0v) is 20.1. The van der Waals surface area contributed by atoms with E-state index in [1.165, 1.54) is 16.5 Å². The van der Waals surface area contributed by atoms with Crippen LogP contribution in [0.15, 0.2) is 79.1 Å². The molecule has 5 nitrogen and oxygen atoms in total. The number of rotatable bonds is 6. The van der Waals surface area contributed by atoms with Crippen molar-refractivity contribution in [3.8, 4) is 0 Å². The number of nitrogens with zero attached hydrogens (tertiary/aromatic N) is 3. The zero-order valence-electron chi connectivity index (χ0n) is 19.3. The van der Waals surface area contributed by atoms with Gasteiger partial charge in [0.05, 0.1) is 11.7 Å². The van der Waals surface area contributed by atoms with Crippen LogP contribution in [-0.2, 0) is 18.4 Å². The predicted molar refractivity (Wildman–Crippen MR) is 137 cm³/mol. The van der Waals surface area contributed by atoms with Crippen molar-refractivity contribution in [1.82, 2.24) is 19.8 Å². The molecule has 1 atom stereocenters. The van der Waals surface area contributed by atoms with Crippen molar-refractivity contribution in [3.05, 3.63) is 101 Å². The minimum absolute atomic E-state index is 0.00211. The molecule has 1 amide bonds. The van der Waals surface area contributed by atoms with Crippen molar-refractivity contribution in [2.75, 3.05) is 13.1 Å². The highest BCUT2D eigenvalue weighted by atomic mass is 35.5. The molecule has 1 fully saturated rings. The summed E-state index contributed by atoms with van der Waals surface area (Å²) in [5.74, 6) is 0.0951.